The van der Waals surface area contributed by atoms with Crippen molar-refractivity contribution in [1.29, 1.82) is 0 Å². The molecule has 0 aromatic carbocycles. The molecule has 0 aliphatic carbocycles. The standard InChI is InChI=1S/C10H21N3O/c1-10(2)8(11)7-9(14)13(10)6-5-12(3)4/h8H,5-7,11H2,1-4H3. The van der Waals surface area contributed by atoms with Gasteiger partial charge in [-0.05, 0) is 27.9 Å². The van der Waals surface area contributed by atoms with Gasteiger partial charge in [0.05, 0.1) is 5.54 Å². The van der Waals surface area contributed by atoms with Crippen molar-refractivity contribution in [1.82, 2.24) is 9.80 Å². The maximum Gasteiger partial charge on any atom is 0.224 e. The van der Waals surface area contributed by atoms with Crippen LogP contribution >= 0.6 is 0 Å². The molecule has 1 fully saturated rings. The molecule has 4 nitrogen and oxygen atoms in total. The van der Waals surface area contributed by atoms with Crippen molar-refractivity contribution in [2.45, 2.75) is 31.8 Å². The second kappa shape index (κ2) is 3.87. The third-order valence-corrected chi connectivity index (χ3v) is 3.07. The van der Waals surface area contributed by atoms with Crippen molar-refractivity contribution < 1.29 is 4.79 Å². The van der Waals surface area contributed by atoms with Crippen LogP contribution in [0.2, 0.25) is 0 Å². The number of carbonyl (C=O) groups excluding carboxylic acids is 1. The first-order valence-electron chi connectivity index (χ1n) is 5.06. The lowest BCUT2D eigenvalue weighted by Crippen LogP contribution is -2.51. The summed E-state index contributed by atoms with van der Waals surface area (Å²) < 4.78 is 0. The Kier molecular flexibility index (Phi) is 3.17. The zero-order chi connectivity index (χ0) is 10.9. The second-order valence-corrected chi connectivity index (χ2v) is 4.81. The summed E-state index contributed by atoms with van der Waals surface area (Å²) in [6, 6.07) is -0.0304. The number of nitrogens with two attached hydrogens (primary N) is 1. The first kappa shape index (κ1) is 11.5. The molecule has 1 heterocycles. The smallest absolute Gasteiger partial charge is 0.224 e. The molecule has 1 aliphatic heterocycles. The lowest BCUT2D eigenvalue weighted by molar-refractivity contribution is -0.130. The van der Waals surface area contributed by atoms with E-state index in [1.807, 2.05) is 32.8 Å². The number of hydrogen-bond acceptors (Lipinski definition) is 3. The van der Waals surface area contributed by atoms with E-state index < -0.39 is 0 Å². The normalized spacial score (nSPS) is 26.3. The third-order valence-electron chi connectivity index (χ3n) is 3.07. The van der Waals surface area contributed by atoms with Gasteiger partial charge in [-0.1, -0.05) is 0 Å². The maximum atomic E-state index is 11.6. The van der Waals surface area contributed by atoms with Crippen LogP contribution in [0.15, 0.2) is 0 Å². The van der Waals surface area contributed by atoms with Crippen molar-refractivity contribution in [3.63, 3.8) is 0 Å². The molecule has 0 aromatic rings. The number of likely N-dealkylation sites (tertiary alicyclic amines) is 1. The fourth-order valence-corrected chi connectivity index (χ4v) is 1.78. The SMILES string of the molecule is CN(C)CCN1C(=O)CC(N)C1(C)C. The van der Waals surface area contributed by atoms with Crippen LogP contribution in [0, 0.1) is 0 Å². The fraction of sp³-hybridized carbons (Fsp3) is 0.900. The highest BCUT2D eigenvalue weighted by Gasteiger charge is 2.43. The minimum absolute atomic E-state index is 0.0304. The van der Waals surface area contributed by atoms with Crippen molar-refractivity contribution >= 4 is 5.91 Å². The van der Waals surface area contributed by atoms with Gasteiger partial charge in [0, 0.05) is 25.6 Å². The maximum absolute atomic E-state index is 11.6. The molecule has 1 aliphatic rings. The van der Waals surface area contributed by atoms with Crippen LogP contribution in [0.1, 0.15) is 20.3 Å². The van der Waals surface area contributed by atoms with Gasteiger partial charge in [-0.15, -0.1) is 0 Å². The first-order valence-corrected chi connectivity index (χ1v) is 5.06. The topological polar surface area (TPSA) is 49.6 Å². The molecule has 82 valence electrons. The molecule has 1 saturated heterocycles. The fourth-order valence-electron chi connectivity index (χ4n) is 1.78. The number of rotatable bonds is 3. The van der Waals surface area contributed by atoms with Gasteiger partial charge in [0.25, 0.3) is 0 Å². The van der Waals surface area contributed by atoms with Gasteiger partial charge >= 0.3 is 0 Å². The molecule has 1 unspecified atom stereocenters. The summed E-state index contributed by atoms with van der Waals surface area (Å²) in [6.07, 6.45) is 0.487. The highest BCUT2D eigenvalue weighted by molar-refractivity contribution is 5.80. The van der Waals surface area contributed by atoms with E-state index in [-0.39, 0.29) is 17.5 Å². The average Bonchev–Trinajstić information content (AvgIpc) is 2.20. The Labute approximate surface area is 86.0 Å². The summed E-state index contributed by atoms with van der Waals surface area (Å²) in [5.74, 6) is 0.185. The predicted octanol–water partition coefficient (Wildman–Crippen LogP) is -0.114. The molecule has 0 spiro atoms. The van der Waals surface area contributed by atoms with Crippen LogP contribution in [0.3, 0.4) is 0 Å². The van der Waals surface area contributed by atoms with Gasteiger partial charge in [-0.3, -0.25) is 4.79 Å². The van der Waals surface area contributed by atoms with Crippen LogP contribution < -0.4 is 5.73 Å². The van der Waals surface area contributed by atoms with Crippen molar-refractivity contribution in [3.8, 4) is 0 Å². The van der Waals surface area contributed by atoms with Gasteiger partial charge in [-0.2, -0.15) is 0 Å². The molecule has 0 bridgehead atoms. The lowest BCUT2D eigenvalue weighted by Gasteiger charge is -2.35. The lowest BCUT2D eigenvalue weighted by atomic mass is 9.97. The van der Waals surface area contributed by atoms with Crippen LogP contribution in [-0.2, 0) is 4.79 Å². The first-order chi connectivity index (χ1) is 6.35. The number of likely N-dealkylation sites (N-methyl/N-ethyl adjacent to an activating group) is 1. The van der Waals surface area contributed by atoms with Crippen LogP contribution in [0.5, 0.6) is 0 Å². The molecule has 0 radical (unpaired) electrons. The Morgan fingerprint density at radius 2 is 2.14 bits per heavy atom. The zero-order valence-electron chi connectivity index (χ0n) is 9.58. The highest BCUT2D eigenvalue weighted by atomic mass is 16.2. The zero-order valence-corrected chi connectivity index (χ0v) is 9.58. The van der Waals surface area contributed by atoms with Gasteiger partial charge in [-0.25, -0.2) is 0 Å². The van der Waals surface area contributed by atoms with Crippen molar-refractivity contribution in [2.24, 2.45) is 5.73 Å². The van der Waals surface area contributed by atoms with E-state index in [2.05, 4.69) is 4.90 Å². The molecule has 14 heavy (non-hydrogen) atoms. The molecule has 2 N–H and O–H groups in total. The minimum Gasteiger partial charge on any atom is -0.335 e. The Hall–Kier alpha value is -0.610. The molecule has 1 atom stereocenters. The van der Waals surface area contributed by atoms with E-state index in [1.54, 1.807) is 0 Å². The number of nitrogens with zero attached hydrogens (tertiary/aromatic N) is 2. The molecule has 4 heteroatoms. The molecular weight excluding hydrogens is 178 g/mol. The van der Waals surface area contributed by atoms with Crippen LogP contribution in [0.25, 0.3) is 0 Å². The van der Waals surface area contributed by atoms with Gasteiger partial charge in [0.1, 0.15) is 0 Å². The molecule has 1 amide bonds. The summed E-state index contributed by atoms with van der Waals surface area (Å²) in [6.45, 7) is 5.74. The summed E-state index contributed by atoms with van der Waals surface area (Å²) in [7, 11) is 4.01. The Morgan fingerprint density at radius 3 is 2.50 bits per heavy atom. The van der Waals surface area contributed by atoms with Crippen LogP contribution in [-0.4, -0.2) is 54.5 Å². The Bertz CT molecular complexity index is 225. The Balaban J connectivity index is 2.62. The highest BCUT2D eigenvalue weighted by Crippen LogP contribution is 2.27. The minimum atomic E-state index is -0.187. The summed E-state index contributed by atoms with van der Waals surface area (Å²) >= 11 is 0. The largest absolute Gasteiger partial charge is 0.335 e. The average molecular weight is 199 g/mol. The van der Waals surface area contributed by atoms with Crippen LogP contribution in [0.4, 0.5) is 0 Å². The van der Waals surface area contributed by atoms with Gasteiger partial charge < -0.3 is 15.5 Å². The summed E-state index contributed by atoms with van der Waals surface area (Å²) in [5.41, 5.74) is 5.74. The number of carbonyl (C=O) groups is 1. The predicted molar refractivity (Wildman–Crippen MR) is 56.9 cm³/mol. The number of hydrogen-bond donors (Lipinski definition) is 1. The van der Waals surface area contributed by atoms with Gasteiger partial charge in [0.2, 0.25) is 5.91 Å². The molecule has 0 saturated carbocycles. The van der Waals surface area contributed by atoms with Crippen molar-refractivity contribution in [3.05, 3.63) is 0 Å². The van der Waals surface area contributed by atoms with E-state index in [9.17, 15) is 4.79 Å². The number of amides is 1. The summed E-state index contributed by atoms with van der Waals surface area (Å²) in [4.78, 5) is 15.6. The van der Waals surface area contributed by atoms with E-state index in [4.69, 9.17) is 5.73 Å². The molecule has 0 aromatic heterocycles. The molecule has 1 rings (SSSR count). The van der Waals surface area contributed by atoms with E-state index in [0.717, 1.165) is 13.1 Å². The monoisotopic (exact) mass is 199 g/mol. The van der Waals surface area contributed by atoms with E-state index in [1.165, 1.54) is 0 Å². The third kappa shape index (κ3) is 2.07. The molecular formula is C10H21N3O. The van der Waals surface area contributed by atoms with Gasteiger partial charge in [0.15, 0.2) is 0 Å². The van der Waals surface area contributed by atoms with E-state index >= 15 is 0 Å². The Morgan fingerprint density at radius 1 is 1.57 bits per heavy atom. The second-order valence-electron chi connectivity index (χ2n) is 4.81. The van der Waals surface area contributed by atoms with Crippen molar-refractivity contribution in [2.75, 3.05) is 27.2 Å². The van der Waals surface area contributed by atoms with E-state index in [0.29, 0.717) is 6.42 Å². The quantitative estimate of drug-likeness (QED) is 0.690. The summed E-state index contributed by atoms with van der Waals surface area (Å²) in [5, 5.41) is 0.